The fraction of sp³-hybridized carbons (Fsp3) is 0.176. The molecule has 6 aromatic rings. The van der Waals surface area contributed by atoms with Gasteiger partial charge in [0.1, 0.15) is 11.6 Å². The number of rotatable bonds is 9. The first-order valence-electron chi connectivity index (χ1n) is 14.5. The van der Waals surface area contributed by atoms with Gasteiger partial charge in [-0.15, -0.1) is 10.2 Å². The number of nitrogens with zero attached hydrogens (tertiary/aromatic N) is 5. The number of nitrogens with one attached hydrogen (secondary N) is 2. The Bertz CT molecular complexity index is 2040. The molecule has 0 bridgehead atoms. The minimum atomic E-state index is -0.335. The Kier molecular flexibility index (Phi) is 8.99. The Morgan fingerprint density at radius 1 is 1.00 bits per heavy atom. The van der Waals surface area contributed by atoms with Crippen LogP contribution < -0.4 is 10.6 Å². The summed E-state index contributed by atoms with van der Waals surface area (Å²) < 4.78 is 3.37. The number of thioether (sulfide) groups is 1. The minimum absolute atomic E-state index is 0.0672. The fourth-order valence-corrected chi connectivity index (χ4v) is 6.21. The lowest BCUT2D eigenvalue weighted by molar-refractivity contribution is 0.251. The van der Waals surface area contributed by atoms with Gasteiger partial charge in [-0.25, -0.2) is 9.48 Å². The molecule has 3 N–H and O–H groups in total. The number of phenols is 1. The molecule has 3 aromatic carbocycles. The summed E-state index contributed by atoms with van der Waals surface area (Å²) in [6.07, 6.45) is 3.97. The molecule has 3 aromatic heterocycles. The maximum Gasteiger partial charge on any atom is 0.320 e. The van der Waals surface area contributed by atoms with Crippen LogP contribution in [0.15, 0.2) is 101 Å². The second-order valence-electron chi connectivity index (χ2n) is 11.2. The number of carbonyl (C=O) groups excluding carboxylic acids is 1. The number of urea groups is 1. The van der Waals surface area contributed by atoms with Gasteiger partial charge in [-0.1, -0.05) is 59.3 Å². The quantitative estimate of drug-likeness (QED) is 0.142. The lowest BCUT2D eigenvalue weighted by Gasteiger charge is -2.18. The summed E-state index contributed by atoms with van der Waals surface area (Å²) >= 11 is 9.45. The lowest BCUT2D eigenvalue weighted by atomic mass is 10.1. The first-order valence-corrected chi connectivity index (χ1v) is 16.9. The van der Waals surface area contributed by atoms with E-state index in [2.05, 4.69) is 34.7 Å². The van der Waals surface area contributed by atoms with E-state index in [0.29, 0.717) is 34.4 Å². The van der Waals surface area contributed by atoms with Crippen LogP contribution >= 0.6 is 35.1 Å². The van der Waals surface area contributed by atoms with E-state index in [1.165, 1.54) is 6.07 Å². The van der Waals surface area contributed by atoms with Crippen LogP contribution in [-0.4, -0.2) is 41.8 Å². The zero-order valence-electron chi connectivity index (χ0n) is 25.7. The van der Waals surface area contributed by atoms with Crippen molar-refractivity contribution >= 4 is 52.6 Å². The summed E-state index contributed by atoms with van der Waals surface area (Å²) in [5, 5.41) is 30.4. The van der Waals surface area contributed by atoms with Gasteiger partial charge in [-0.2, -0.15) is 16.9 Å². The summed E-state index contributed by atoms with van der Waals surface area (Å²) in [6.45, 7) is 6.57. The number of carbonyl (C=O) groups is 1. The molecule has 0 spiro atoms. The van der Waals surface area contributed by atoms with Crippen LogP contribution in [0.1, 0.15) is 30.7 Å². The zero-order valence-corrected chi connectivity index (χ0v) is 28.0. The highest BCUT2D eigenvalue weighted by Crippen LogP contribution is 2.36. The molecule has 9 nitrogen and oxygen atoms in total. The number of hydrogen-bond donors (Lipinski definition) is 3. The number of aromatic hydroxyl groups is 1. The van der Waals surface area contributed by atoms with Crippen LogP contribution in [0.5, 0.6) is 5.75 Å². The van der Waals surface area contributed by atoms with E-state index in [1.54, 1.807) is 40.3 Å². The first kappa shape index (κ1) is 31.5. The van der Waals surface area contributed by atoms with Crippen molar-refractivity contribution in [3.63, 3.8) is 0 Å². The highest BCUT2D eigenvalue weighted by Gasteiger charge is 2.25. The van der Waals surface area contributed by atoms with Crippen LogP contribution in [-0.2, 0) is 11.3 Å². The van der Waals surface area contributed by atoms with Crippen molar-refractivity contribution in [1.29, 1.82) is 0 Å². The average Bonchev–Trinajstić information content (AvgIpc) is 3.67. The number of pyridine rings is 1. The summed E-state index contributed by atoms with van der Waals surface area (Å²) in [7, 11) is 0. The predicted octanol–water partition coefficient (Wildman–Crippen LogP) is 8.32. The second kappa shape index (κ2) is 13.1. The molecule has 0 aliphatic carbocycles. The molecule has 46 heavy (non-hydrogen) atoms. The third kappa shape index (κ3) is 6.72. The summed E-state index contributed by atoms with van der Waals surface area (Å²) in [5.74, 6) is 1.14. The van der Waals surface area contributed by atoms with Crippen LogP contribution in [0.3, 0.4) is 0 Å². The molecule has 2 amide bonds. The summed E-state index contributed by atoms with van der Waals surface area (Å²) in [6, 6.07) is 26.2. The van der Waals surface area contributed by atoms with Crippen molar-refractivity contribution in [2.45, 2.75) is 41.9 Å². The molecule has 12 heteroatoms. The van der Waals surface area contributed by atoms with E-state index in [1.807, 2.05) is 90.5 Å². The van der Waals surface area contributed by atoms with Crippen LogP contribution in [0.2, 0.25) is 5.02 Å². The van der Waals surface area contributed by atoms with Crippen molar-refractivity contribution in [1.82, 2.24) is 29.7 Å². The van der Waals surface area contributed by atoms with E-state index >= 15 is 0 Å². The topological polar surface area (TPSA) is 109 Å². The number of hydrogen-bond acceptors (Lipinski definition) is 7. The molecule has 0 unspecified atom stereocenters. The van der Waals surface area contributed by atoms with Gasteiger partial charge < -0.3 is 10.4 Å². The highest BCUT2D eigenvalue weighted by molar-refractivity contribution is 7.99. The Hall–Kier alpha value is -4.45. The molecule has 0 atom stereocenters. The van der Waals surface area contributed by atoms with Gasteiger partial charge in [0.05, 0.1) is 21.7 Å². The van der Waals surface area contributed by atoms with Crippen molar-refractivity contribution in [2.75, 3.05) is 11.6 Å². The molecule has 234 valence electrons. The first-order chi connectivity index (χ1) is 22.1. The standard InChI is InChI=1S/C34H32ClN7O2S2/c1-21-9-12-24(13-10-21)42-31(18-29(40-42)34(2,3)45-4)37-33(44)36-19-22-7-5-6-8-28(22)46-25-14-16-30-38-39-32(41(30)20-25)26-17-23(35)11-15-27(26)43/h5-18,20,43H,19H2,1-4H3,(H2,36,37,44). The van der Waals surface area contributed by atoms with Gasteiger partial charge in [-0.05, 0) is 81.1 Å². The Balaban J connectivity index is 1.20. The number of amides is 2. The Labute approximate surface area is 280 Å². The molecule has 0 aliphatic rings. The molecule has 0 radical (unpaired) electrons. The molecule has 3 heterocycles. The number of anilines is 1. The average molecular weight is 670 g/mol. The number of phenolic OH excluding ortho intramolecular Hbond substituents is 1. The third-order valence-electron chi connectivity index (χ3n) is 7.57. The highest BCUT2D eigenvalue weighted by atomic mass is 35.5. The molecule has 6 rings (SSSR count). The van der Waals surface area contributed by atoms with Gasteiger partial charge in [0, 0.05) is 33.6 Å². The molecule has 0 saturated heterocycles. The van der Waals surface area contributed by atoms with Crippen LogP contribution in [0.4, 0.5) is 10.6 Å². The number of aromatic nitrogens is 5. The Morgan fingerprint density at radius 2 is 1.78 bits per heavy atom. The van der Waals surface area contributed by atoms with E-state index < -0.39 is 0 Å². The molecule has 0 saturated carbocycles. The normalized spacial score (nSPS) is 11.6. The van der Waals surface area contributed by atoms with Crippen LogP contribution in [0.25, 0.3) is 22.7 Å². The SMILES string of the molecule is CSC(C)(C)c1cc(NC(=O)NCc2ccccc2Sc2ccc3nnc(-c4cc(Cl)ccc4O)n3c2)n(-c2ccc(C)cc2)n1. The molecular formula is C34H32ClN7O2S2. The van der Waals surface area contributed by atoms with Crippen molar-refractivity contribution in [3.8, 4) is 22.8 Å². The summed E-state index contributed by atoms with van der Waals surface area (Å²) in [4.78, 5) is 15.2. The second-order valence-corrected chi connectivity index (χ2v) is 14.2. The largest absolute Gasteiger partial charge is 0.507 e. The predicted molar refractivity (Wildman–Crippen MR) is 186 cm³/mol. The van der Waals surface area contributed by atoms with E-state index in [9.17, 15) is 9.90 Å². The van der Waals surface area contributed by atoms with Gasteiger partial charge in [-0.3, -0.25) is 9.72 Å². The third-order valence-corrected chi connectivity index (χ3v) is 10.1. The van der Waals surface area contributed by atoms with E-state index in [-0.39, 0.29) is 16.5 Å². The van der Waals surface area contributed by atoms with Crippen molar-refractivity contribution in [2.24, 2.45) is 0 Å². The van der Waals surface area contributed by atoms with Gasteiger partial charge in [0.15, 0.2) is 11.5 Å². The van der Waals surface area contributed by atoms with Crippen molar-refractivity contribution < 1.29 is 9.90 Å². The van der Waals surface area contributed by atoms with E-state index in [0.717, 1.165) is 32.3 Å². The summed E-state index contributed by atoms with van der Waals surface area (Å²) in [5.41, 5.74) is 4.97. The van der Waals surface area contributed by atoms with E-state index in [4.69, 9.17) is 16.7 Å². The Morgan fingerprint density at radius 3 is 2.57 bits per heavy atom. The minimum Gasteiger partial charge on any atom is -0.507 e. The molecular weight excluding hydrogens is 638 g/mol. The lowest BCUT2D eigenvalue weighted by Crippen LogP contribution is -2.29. The number of halogens is 1. The van der Waals surface area contributed by atoms with Gasteiger partial charge >= 0.3 is 6.03 Å². The van der Waals surface area contributed by atoms with Gasteiger partial charge in [0.2, 0.25) is 0 Å². The monoisotopic (exact) mass is 669 g/mol. The fourth-order valence-electron chi connectivity index (χ4n) is 4.77. The molecule has 0 fully saturated rings. The maximum absolute atomic E-state index is 13.2. The smallest absolute Gasteiger partial charge is 0.320 e. The zero-order chi connectivity index (χ0) is 32.4. The van der Waals surface area contributed by atoms with Crippen LogP contribution in [0, 0.1) is 6.92 Å². The van der Waals surface area contributed by atoms with Gasteiger partial charge in [0.25, 0.3) is 0 Å². The number of benzene rings is 3. The van der Waals surface area contributed by atoms with Crippen molar-refractivity contribution in [3.05, 3.63) is 113 Å². The number of fused-ring (bicyclic) bond motifs is 1. The number of aryl methyl sites for hydroxylation is 1. The maximum atomic E-state index is 13.2. The molecule has 0 aliphatic heterocycles.